The van der Waals surface area contributed by atoms with E-state index in [4.69, 9.17) is 19.3 Å². The van der Waals surface area contributed by atoms with Gasteiger partial charge in [-0.3, -0.25) is 4.79 Å². The lowest BCUT2D eigenvalue weighted by atomic mass is 10.0. The van der Waals surface area contributed by atoms with Crippen molar-refractivity contribution in [1.82, 2.24) is 0 Å². The van der Waals surface area contributed by atoms with Gasteiger partial charge in [0.25, 0.3) is 0 Å². The van der Waals surface area contributed by atoms with E-state index in [0.717, 1.165) is 5.56 Å². The first-order valence-electron chi connectivity index (χ1n) is 7.12. The van der Waals surface area contributed by atoms with Crippen molar-refractivity contribution in [2.24, 2.45) is 0 Å². The number of rotatable bonds is 6. The highest BCUT2D eigenvalue weighted by Crippen LogP contribution is 2.31. The maximum absolute atomic E-state index is 11.8. The van der Waals surface area contributed by atoms with Crippen molar-refractivity contribution in [3.63, 3.8) is 0 Å². The Hall–Kier alpha value is -1.93. The molecule has 126 valence electrons. The van der Waals surface area contributed by atoms with Crippen molar-refractivity contribution < 1.29 is 34.3 Å². The third kappa shape index (κ3) is 3.70. The molecule has 0 aliphatic carbocycles. The molecule has 1 aromatic rings. The molecule has 0 amide bonds. The largest absolute Gasteiger partial charge is 0.493 e. The number of aliphatic hydroxyl groups excluding tert-OH is 3. The fourth-order valence-corrected chi connectivity index (χ4v) is 2.28. The number of carbonyl (C=O) groups excluding carboxylic acids is 1. The van der Waals surface area contributed by atoms with Gasteiger partial charge in [-0.05, 0) is 24.1 Å². The van der Waals surface area contributed by atoms with E-state index in [2.05, 4.69) is 6.58 Å². The third-order valence-electron chi connectivity index (χ3n) is 3.53. The first kappa shape index (κ1) is 17.4. The van der Waals surface area contributed by atoms with Crippen molar-refractivity contribution in [2.75, 3.05) is 13.7 Å². The molecule has 7 heteroatoms. The Morgan fingerprint density at radius 2 is 2.04 bits per heavy atom. The average Bonchev–Trinajstić information content (AvgIpc) is 2.56. The number of allylic oxidation sites excluding steroid dienone is 1. The summed E-state index contributed by atoms with van der Waals surface area (Å²) in [5.74, 6) is -0.188. The minimum Gasteiger partial charge on any atom is -0.493 e. The van der Waals surface area contributed by atoms with E-state index < -0.39 is 37.0 Å². The Morgan fingerprint density at radius 1 is 1.30 bits per heavy atom. The molecule has 1 aliphatic rings. The van der Waals surface area contributed by atoms with Crippen molar-refractivity contribution in [3.8, 4) is 11.5 Å². The number of hydrogen-bond donors (Lipinski definition) is 3. The van der Waals surface area contributed by atoms with E-state index in [1.54, 1.807) is 24.3 Å². The van der Waals surface area contributed by atoms with Gasteiger partial charge in [-0.2, -0.15) is 0 Å². The van der Waals surface area contributed by atoms with Crippen LogP contribution in [0.5, 0.6) is 11.5 Å². The summed E-state index contributed by atoms with van der Waals surface area (Å²) in [6, 6.07) is 5.15. The summed E-state index contributed by atoms with van der Waals surface area (Å²) < 4.78 is 16.0. The van der Waals surface area contributed by atoms with Gasteiger partial charge < -0.3 is 29.5 Å². The molecule has 1 aromatic carbocycles. The van der Waals surface area contributed by atoms with E-state index in [-0.39, 0.29) is 5.75 Å². The van der Waals surface area contributed by atoms with Crippen molar-refractivity contribution in [1.29, 1.82) is 0 Å². The Bertz CT molecular complexity index is 572. The molecule has 0 bridgehead atoms. The van der Waals surface area contributed by atoms with Gasteiger partial charge in [-0.1, -0.05) is 12.1 Å². The number of aliphatic hydroxyl groups is 3. The van der Waals surface area contributed by atoms with Gasteiger partial charge in [0.15, 0.2) is 23.4 Å². The molecule has 0 aromatic heterocycles. The SMILES string of the molecule is C=CCc1ccc(O[C@H]2O[C@H](CO)[C@@H](O)C(=O)[C@H]2O)c(OC)c1. The second-order valence-electron chi connectivity index (χ2n) is 5.11. The number of Topliss-reactive ketones (excluding diaryl/α,β-unsaturated/α-hetero) is 1. The van der Waals surface area contributed by atoms with Crippen LogP contribution in [-0.4, -0.2) is 59.4 Å². The van der Waals surface area contributed by atoms with Crippen LogP contribution in [0.2, 0.25) is 0 Å². The minimum atomic E-state index is -1.66. The third-order valence-corrected chi connectivity index (χ3v) is 3.53. The van der Waals surface area contributed by atoms with Crippen LogP contribution in [0.25, 0.3) is 0 Å². The monoisotopic (exact) mass is 324 g/mol. The molecule has 2 rings (SSSR count). The lowest BCUT2D eigenvalue weighted by molar-refractivity contribution is -0.229. The molecule has 0 radical (unpaired) electrons. The summed E-state index contributed by atoms with van der Waals surface area (Å²) in [7, 11) is 1.46. The lowest BCUT2D eigenvalue weighted by Crippen LogP contribution is -2.57. The topological polar surface area (TPSA) is 105 Å². The number of ketones is 1. The van der Waals surface area contributed by atoms with E-state index in [0.29, 0.717) is 12.2 Å². The van der Waals surface area contributed by atoms with Crippen LogP contribution in [0.15, 0.2) is 30.9 Å². The van der Waals surface area contributed by atoms with Gasteiger partial charge >= 0.3 is 0 Å². The standard InChI is InChI=1S/C16H20O7/c1-3-4-9-5-6-10(11(7-9)21-2)22-16-15(20)14(19)13(18)12(8-17)23-16/h3,5-7,12-13,15-18,20H,1,4,8H2,2H3/t12-,13-,15-,16+/m1/s1. The van der Waals surface area contributed by atoms with E-state index in [1.165, 1.54) is 7.11 Å². The maximum atomic E-state index is 11.8. The molecule has 0 saturated carbocycles. The normalized spacial score (nSPS) is 27.6. The Kier molecular flexibility index (Phi) is 5.73. The van der Waals surface area contributed by atoms with Gasteiger partial charge in [-0.15, -0.1) is 6.58 Å². The summed E-state index contributed by atoms with van der Waals surface area (Å²) in [5.41, 5.74) is 0.953. The summed E-state index contributed by atoms with van der Waals surface area (Å²) in [6.45, 7) is 3.09. The molecular weight excluding hydrogens is 304 g/mol. The molecular formula is C16H20O7. The predicted molar refractivity (Wildman–Crippen MR) is 80.3 cm³/mol. The number of carbonyl (C=O) groups is 1. The van der Waals surface area contributed by atoms with E-state index in [1.807, 2.05) is 0 Å². The molecule has 4 atom stereocenters. The average molecular weight is 324 g/mol. The Morgan fingerprint density at radius 3 is 2.65 bits per heavy atom. The van der Waals surface area contributed by atoms with Crippen LogP contribution >= 0.6 is 0 Å². The van der Waals surface area contributed by atoms with Crippen LogP contribution in [0.3, 0.4) is 0 Å². The zero-order valence-corrected chi connectivity index (χ0v) is 12.7. The zero-order valence-electron chi connectivity index (χ0n) is 12.7. The van der Waals surface area contributed by atoms with E-state index in [9.17, 15) is 15.0 Å². The van der Waals surface area contributed by atoms with Crippen LogP contribution in [0.1, 0.15) is 5.56 Å². The number of benzene rings is 1. The second-order valence-corrected chi connectivity index (χ2v) is 5.11. The van der Waals surface area contributed by atoms with Crippen LogP contribution in [-0.2, 0) is 16.0 Å². The van der Waals surface area contributed by atoms with Crippen molar-refractivity contribution in [2.45, 2.75) is 31.0 Å². The lowest BCUT2D eigenvalue weighted by Gasteiger charge is -2.35. The highest BCUT2D eigenvalue weighted by atomic mass is 16.7. The molecule has 3 N–H and O–H groups in total. The zero-order chi connectivity index (χ0) is 17.0. The molecule has 7 nitrogen and oxygen atoms in total. The molecule has 0 spiro atoms. The number of hydrogen-bond acceptors (Lipinski definition) is 7. The van der Waals surface area contributed by atoms with Crippen LogP contribution in [0.4, 0.5) is 0 Å². The first-order chi connectivity index (χ1) is 11.0. The minimum absolute atomic E-state index is 0.269. The smallest absolute Gasteiger partial charge is 0.234 e. The van der Waals surface area contributed by atoms with Crippen molar-refractivity contribution in [3.05, 3.63) is 36.4 Å². The van der Waals surface area contributed by atoms with Gasteiger partial charge in [-0.25, -0.2) is 0 Å². The quantitative estimate of drug-likeness (QED) is 0.623. The Labute approximate surface area is 133 Å². The summed E-state index contributed by atoms with van der Waals surface area (Å²) in [5, 5.41) is 28.6. The Balaban J connectivity index is 2.20. The predicted octanol–water partition coefficient (Wildman–Crippen LogP) is -0.189. The van der Waals surface area contributed by atoms with Gasteiger partial charge in [0.05, 0.1) is 13.7 Å². The summed E-state index contributed by atoms with van der Waals surface area (Å²) in [4.78, 5) is 11.8. The van der Waals surface area contributed by atoms with E-state index >= 15 is 0 Å². The van der Waals surface area contributed by atoms with Crippen molar-refractivity contribution >= 4 is 5.78 Å². The van der Waals surface area contributed by atoms with Crippen LogP contribution in [0, 0.1) is 0 Å². The second kappa shape index (κ2) is 7.56. The molecule has 1 heterocycles. The summed E-state index contributed by atoms with van der Waals surface area (Å²) >= 11 is 0. The maximum Gasteiger partial charge on any atom is 0.234 e. The highest BCUT2D eigenvalue weighted by molar-refractivity contribution is 5.88. The fourth-order valence-electron chi connectivity index (χ4n) is 2.28. The molecule has 1 aliphatic heterocycles. The molecule has 1 saturated heterocycles. The van der Waals surface area contributed by atoms with Gasteiger partial charge in [0, 0.05) is 0 Å². The van der Waals surface area contributed by atoms with Gasteiger partial charge in [0.1, 0.15) is 12.2 Å². The van der Waals surface area contributed by atoms with Gasteiger partial charge in [0.2, 0.25) is 6.29 Å². The fraction of sp³-hybridized carbons (Fsp3) is 0.438. The molecule has 23 heavy (non-hydrogen) atoms. The highest BCUT2D eigenvalue weighted by Gasteiger charge is 2.44. The first-order valence-corrected chi connectivity index (χ1v) is 7.12. The number of methoxy groups -OCH3 is 1. The van der Waals surface area contributed by atoms with Crippen LogP contribution < -0.4 is 9.47 Å². The summed E-state index contributed by atoms with van der Waals surface area (Å²) in [6.07, 6.45) is -3.35. The molecule has 0 unspecified atom stereocenters. The number of ether oxygens (including phenoxy) is 3. The molecule has 1 fully saturated rings.